The quantitative estimate of drug-likeness (QED) is 0.446. The number of carbonyl (C=O) groups excluding carboxylic acids is 1. The Balaban J connectivity index is 1.28. The molecule has 5 rings (SSSR count). The van der Waals surface area contributed by atoms with Gasteiger partial charge in [-0.25, -0.2) is 9.67 Å². The number of nitrogens with zero attached hydrogens (tertiary/aromatic N) is 5. The van der Waals surface area contributed by atoms with Gasteiger partial charge in [0.2, 0.25) is 11.8 Å². The molecule has 0 spiro atoms. The van der Waals surface area contributed by atoms with Crippen LogP contribution in [-0.2, 0) is 0 Å². The first-order chi connectivity index (χ1) is 15.7. The fourth-order valence-corrected chi connectivity index (χ4v) is 3.27. The van der Waals surface area contributed by atoms with Crippen molar-refractivity contribution in [3.05, 3.63) is 96.6 Å². The van der Waals surface area contributed by atoms with Crippen LogP contribution in [0, 0.1) is 6.92 Å². The molecule has 0 fully saturated rings. The van der Waals surface area contributed by atoms with E-state index >= 15 is 0 Å². The van der Waals surface area contributed by atoms with Gasteiger partial charge in [0.15, 0.2) is 0 Å². The Morgan fingerprint density at radius 2 is 1.66 bits per heavy atom. The first kappa shape index (κ1) is 19.4. The molecule has 2 aromatic heterocycles. The third kappa shape index (κ3) is 3.89. The lowest BCUT2D eigenvalue weighted by Gasteiger charge is -2.07. The minimum Gasteiger partial charge on any atom is -0.416 e. The van der Waals surface area contributed by atoms with Crippen LogP contribution in [0.15, 0.2) is 89.9 Å². The zero-order valence-electron chi connectivity index (χ0n) is 17.1. The van der Waals surface area contributed by atoms with Crippen molar-refractivity contribution in [1.29, 1.82) is 0 Å². The number of carbonyl (C=O) groups is 1. The van der Waals surface area contributed by atoms with E-state index in [-0.39, 0.29) is 5.91 Å². The SMILES string of the molecule is Cc1ccccc1-c1nnc(-c2ccc(C(=O)Nc3ccc(-n4cncn4)cc3)cc2)o1. The van der Waals surface area contributed by atoms with Gasteiger partial charge in [0.1, 0.15) is 12.7 Å². The molecule has 1 N–H and O–H groups in total. The molecule has 2 heterocycles. The van der Waals surface area contributed by atoms with Crippen LogP contribution in [0.4, 0.5) is 5.69 Å². The third-order valence-electron chi connectivity index (χ3n) is 5.00. The van der Waals surface area contributed by atoms with Crippen molar-refractivity contribution >= 4 is 11.6 Å². The Kier molecular flexibility index (Phi) is 5.01. The second-order valence-corrected chi connectivity index (χ2v) is 7.15. The second-order valence-electron chi connectivity index (χ2n) is 7.15. The van der Waals surface area contributed by atoms with E-state index in [0.717, 1.165) is 22.4 Å². The molecular weight excluding hydrogens is 404 g/mol. The Labute approximate surface area is 183 Å². The highest BCUT2D eigenvalue weighted by Gasteiger charge is 2.13. The number of anilines is 1. The van der Waals surface area contributed by atoms with Crippen LogP contribution in [-0.4, -0.2) is 30.9 Å². The van der Waals surface area contributed by atoms with Crippen molar-refractivity contribution in [3.8, 4) is 28.6 Å². The number of hydrogen-bond acceptors (Lipinski definition) is 6. The average molecular weight is 422 g/mol. The molecule has 8 nitrogen and oxygen atoms in total. The van der Waals surface area contributed by atoms with Crippen molar-refractivity contribution in [1.82, 2.24) is 25.0 Å². The van der Waals surface area contributed by atoms with Gasteiger partial charge in [-0.05, 0) is 67.1 Å². The largest absolute Gasteiger partial charge is 0.416 e. The molecule has 1 amide bonds. The molecule has 0 unspecified atom stereocenters. The van der Waals surface area contributed by atoms with Gasteiger partial charge in [-0.3, -0.25) is 4.79 Å². The van der Waals surface area contributed by atoms with E-state index in [1.54, 1.807) is 35.3 Å². The van der Waals surface area contributed by atoms with Crippen molar-refractivity contribution in [2.24, 2.45) is 0 Å². The molecule has 8 heteroatoms. The maximum Gasteiger partial charge on any atom is 0.255 e. The van der Waals surface area contributed by atoms with Gasteiger partial charge < -0.3 is 9.73 Å². The van der Waals surface area contributed by atoms with Crippen LogP contribution in [0.2, 0.25) is 0 Å². The van der Waals surface area contributed by atoms with E-state index in [0.29, 0.717) is 23.0 Å². The van der Waals surface area contributed by atoms with Gasteiger partial charge >= 0.3 is 0 Å². The van der Waals surface area contributed by atoms with Crippen LogP contribution in [0.1, 0.15) is 15.9 Å². The fourth-order valence-electron chi connectivity index (χ4n) is 3.27. The first-order valence-electron chi connectivity index (χ1n) is 9.94. The lowest BCUT2D eigenvalue weighted by Crippen LogP contribution is -2.11. The maximum atomic E-state index is 12.6. The van der Waals surface area contributed by atoms with Crippen LogP contribution in [0.3, 0.4) is 0 Å². The molecule has 3 aromatic carbocycles. The van der Waals surface area contributed by atoms with Crippen molar-refractivity contribution < 1.29 is 9.21 Å². The summed E-state index contributed by atoms with van der Waals surface area (Å²) in [7, 11) is 0. The number of benzene rings is 3. The molecule has 0 saturated carbocycles. The summed E-state index contributed by atoms with van der Waals surface area (Å²) in [6.45, 7) is 1.99. The molecule has 0 aliphatic rings. The highest BCUT2D eigenvalue weighted by Crippen LogP contribution is 2.26. The van der Waals surface area contributed by atoms with E-state index < -0.39 is 0 Å². The van der Waals surface area contributed by atoms with Gasteiger partial charge in [0, 0.05) is 22.4 Å². The Morgan fingerprint density at radius 3 is 2.38 bits per heavy atom. The second kappa shape index (κ2) is 8.27. The fraction of sp³-hybridized carbons (Fsp3) is 0.0417. The summed E-state index contributed by atoms with van der Waals surface area (Å²) in [5.74, 6) is 0.657. The van der Waals surface area contributed by atoms with Crippen LogP contribution in [0.5, 0.6) is 0 Å². The minimum atomic E-state index is -0.212. The summed E-state index contributed by atoms with van der Waals surface area (Å²) in [6, 6.07) is 22.2. The molecule has 156 valence electrons. The predicted octanol–water partition coefficient (Wildman–Crippen LogP) is 4.55. The molecule has 32 heavy (non-hydrogen) atoms. The highest BCUT2D eigenvalue weighted by atomic mass is 16.4. The van der Waals surface area contributed by atoms with Gasteiger partial charge in [-0.2, -0.15) is 5.10 Å². The topological polar surface area (TPSA) is 98.7 Å². The zero-order chi connectivity index (χ0) is 21.9. The predicted molar refractivity (Wildman–Crippen MR) is 119 cm³/mol. The lowest BCUT2D eigenvalue weighted by molar-refractivity contribution is 0.102. The van der Waals surface area contributed by atoms with Gasteiger partial charge in [-0.15, -0.1) is 10.2 Å². The van der Waals surface area contributed by atoms with Crippen LogP contribution < -0.4 is 5.32 Å². The van der Waals surface area contributed by atoms with Gasteiger partial charge in [0.05, 0.1) is 5.69 Å². The standard InChI is InChI=1S/C24H18N6O2/c1-16-4-2-3-5-21(16)24-29-28-23(32-24)18-8-6-17(7-9-18)22(31)27-19-10-12-20(13-11-19)30-15-25-14-26-30/h2-15H,1H3,(H,27,31). The number of aryl methyl sites for hydroxylation is 1. The number of rotatable bonds is 5. The molecule has 0 radical (unpaired) electrons. The van der Waals surface area contributed by atoms with E-state index in [1.807, 2.05) is 55.5 Å². The van der Waals surface area contributed by atoms with Crippen molar-refractivity contribution in [3.63, 3.8) is 0 Å². The number of nitrogens with one attached hydrogen (secondary N) is 1. The molecule has 0 aliphatic carbocycles. The Morgan fingerprint density at radius 1 is 0.906 bits per heavy atom. The zero-order valence-corrected chi connectivity index (χ0v) is 17.1. The van der Waals surface area contributed by atoms with Crippen molar-refractivity contribution in [2.75, 3.05) is 5.32 Å². The Hall–Kier alpha value is -4.59. The molecule has 0 saturated heterocycles. The summed E-state index contributed by atoms with van der Waals surface area (Å²) >= 11 is 0. The van der Waals surface area contributed by atoms with Crippen molar-refractivity contribution in [2.45, 2.75) is 6.92 Å². The van der Waals surface area contributed by atoms with Crippen LogP contribution >= 0.6 is 0 Å². The monoisotopic (exact) mass is 422 g/mol. The third-order valence-corrected chi connectivity index (χ3v) is 5.00. The molecular formula is C24H18N6O2. The number of amides is 1. The summed E-state index contributed by atoms with van der Waals surface area (Å²) in [6.07, 6.45) is 3.08. The number of aromatic nitrogens is 5. The van der Waals surface area contributed by atoms with E-state index in [4.69, 9.17) is 4.42 Å². The molecule has 0 atom stereocenters. The summed E-state index contributed by atoms with van der Waals surface area (Å²) in [5, 5.41) is 15.3. The van der Waals surface area contributed by atoms with Gasteiger partial charge in [-0.1, -0.05) is 18.2 Å². The van der Waals surface area contributed by atoms with Gasteiger partial charge in [0.25, 0.3) is 5.91 Å². The highest BCUT2D eigenvalue weighted by molar-refractivity contribution is 6.04. The molecule has 5 aromatic rings. The summed E-state index contributed by atoms with van der Waals surface area (Å²) < 4.78 is 7.49. The first-order valence-corrected chi connectivity index (χ1v) is 9.94. The normalized spacial score (nSPS) is 10.8. The minimum absolute atomic E-state index is 0.212. The average Bonchev–Trinajstić information content (AvgIpc) is 3.53. The smallest absolute Gasteiger partial charge is 0.255 e. The van der Waals surface area contributed by atoms with Crippen LogP contribution in [0.25, 0.3) is 28.6 Å². The van der Waals surface area contributed by atoms with E-state index in [9.17, 15) is 4.79 Å². The van der Waals surface area contributed by atoms with E-state index in [2.05, 4.69) is 25.6 Å². The maximum absolute atomic E-state index is 12.6. The number of hydrogen-bond donors (Lipinski definition) is 1. The summed E-state index contributed by atoms with van der Waals surface area (Å²) in [4.78, 5) is 16.5. The lowest BCUT2D eigenvalue weighted by atomic mass is 10.1. The Bertz CT molecular complexity index is 1360. The molecule has 0 bridgehead atoms. The van der Waals surface area contributed by atoms with E-state index in [1.165, 1.54) is 6.33 Å². The molecule has 0 aliphatic heterocycles. The summed E-state index contributed by atoms with van der Waals surface area (Å²) in [5.41, 5.74) is 4.76.